The molecule has 3 atom stereocenters. The van der Waals surface area contributed by atoms with E-state index in [0.717, 1.165) is 32.1 Å². The van der Waals surface area contributed by atoms with Crippen molar-refractivity contribution in [2.75, 3.05) is 18.1 Å². The van der Waals surface area contributed by atoms with Crippen LogP contribution >= 0.6 is 0 Å². The maximum absolute atomic E-state index is 11.5. The molecule has 2 rings (SSSR count). The van der Waals surface area contributed by atoms with Gasteiger partial charge in [0.15, 0.2) is 9.84 Å². The summed E-state index contributed by atoms with van der Waals surface area (Å²) in [6, 6.07) is 0.0324. The van der Waals surface area contributed by atoms with Crippen LogP contribution in [-0.2, 0) is 9.84 Å². The van der Waals surface area contributed by atoms with Crippen LogP contribution in [0.3, 0.4) is 0 Å². The largest absolute Gasteiger partial charge is 0.389 e. The van der Waals surface area contributed by atoms with E-state index in [1.807, 2.05) is 0 Å². The van der Waals surface area contributed by atoms with E-state index in [1.165, 1.54) is 6.42 Å². The first-order valence-corrected chi connectivity index (χ1v) is 8.87. The Balaban J connectivity index is 1.83. The van der Waals surface area contributed by atoms with Crippen LogP contribution in [0.15, 0.2) is 0 Å². The molecule has 4 nitrogen and oxygen atoms in total. The third-order valence-electron chi connectivity index (χ3n) is 4.25. The monoisotopic (exact) mass is 275 g/mol. The first kappa shape index (κ1) is 14.3. The Kier molecular flexibility index (Phi) is 4.34. The molecule has 5 heteroatoms. The van der Waals surface area contributed by atoms with Crippen molar-refractivity contribution in [3.63, 3.8) is 0 Å². The number of nitrogens with one attached hydrogen (secondary N) is 1. The van der Waals surface area contributed by atoms with Crippen LogP contribution in [0, 0.1) is 5.92 Å². The first-order valence-electron chi connectivity index (χ1n) is 7.05. The number of hydrogen-bond acceptors (Lipinski definition) is 4. The standard InChI is InChI=1S/C13H25NO3S/c1-11-4-2-6-13(15,8-11)10-14-12-5-3-7-18(16,17)9-12/h11-12,14-15H,2-10H2,1H3. The van der Waals surface area contributed by atoms with Gasteiger partial charge < -0.3 is 10.4 Å². The van der Waals surface area contributed by atoms with Gasteiger partial charge in [-0.25, -0.2) is 8.42 Å². The van der Waals surface area contributed by atoms with Crippen LogP contribution in [0.5, 0.6) is 0 Å². The molecule has 2 N–H and O–H groups in total. The second-order valence-electron chi connectivity index (χ2n) is 6.26. The van der Waals surface area contributed by atoms with Crippen LogP contribution < -0.4 is 5.32 Å². The lowest BCUT2D eigenvalue weighted by Gasteiger charge is -2.37. The van der Waals surface area contributed by atoms with Crippen molar-refractivity contribution in [1.82, 2.24) is 5.32 Å². The molecular weight excluding hydrogens is 250 g/mol. The molecule has 1 saturated carbocycles. The minimum absolute atomic E-state index is 0.0324. The smallest absolute Gasteiger partial charge is 0.151 e. The molecule has 2 aliphatic rings. The van der Waals surface area contributed by atoms with E-state index in [9.17, 15) is 13.5 Å². The third-order valence-corrected chi connectivity index (χ3v) is 6.07. The highest BCUT2D eigenvalue weighted by molar-refractivity contribution is 7.91. The van der Waals surface area contributed by atoms with Crippen molar-refractivity contribution in [2.24, 2.45) is 5.92 Å². The molecular formula is C13H25NO3S. The highest BCUT2D eigenvalue weighted by Gasteiger charge is 2.34. The summed E-state index contributed by atoms with van der Waals surface area (Å²) < 4.78 is 23.1. The summed E-state index contributed by atoms with van der Waals surface area (Å²) in [6.45, 7) is 2.72. The van der Waals surface area contributed by atoms with E-state index in [0.29, 0.717) is 18.2 Å². The van der Waals surface area contributed by atoms with Gasteiger partial charge in [-0.15, -0.1) is 0 Å². The Labute approximate surface area is 110 Å². The average Bonchev–Trinajstić information content (AvgIpc) is 2.25. The molecule has 1 heterocycles. The van der Waals surface area contributed by atoms with E-state index >= 15 is 0 Å². The molecule has 2 fully saturated rings. The van der Waals surface area contributed by atoms with E-state index in [1.54, 1.807) is 0 Å². The Morgan fingerprint density at radius 3 is 2.78 bits per heavy atom. The molecule has 0 aromatic heterocycles. The summed E-state index contributed by atoms with van der Waals surface area (Å²) in [7, 11) is -2.86. The normalized spacial score (nSPS) is 40.6. The molecule has 0 bridgehead atoms. The summed E-state index contributed by atoms with van der Waals surface area (Å²) >= 11 is 0. The van der Waals surface area contributed by atoms with Gasteiger partial charge in [-0.3, -0.25) is 0 Å². The predicted octanol–water partition coefficient (Wildman–Crippen LogP) is 1.09. The Bertz CT molecular complexity index is 382. The van der Waals surface area contributed by atoms with Gasteiger partial charge in [-0.05, 0) is 31.6 Å². The van der Waals surface area contributed by atoms with Gasteiger partial charge in [0.1, 0.15) is 0 Å². The van der Waals surface area contributed by atoms with E-state index in [4.69, 9.17) is 0 Å². The van der Waals surface area contributed by atoms with Crippen molar-refractivity contribution >= 4 is 9.84 Å². The molecule has 0 spiro atoms. The van der Waals surface area contributed by atoms with E-state index in [2.05, 4.69) is 12.2 Å². The highest BCUT2D eigenvalue weighted by atomic mass is 32.2. The number of hydrogen-bond donors (Lipinski definition) is 2. The molecule has 1 saturated heterocycles. The molecule has 3 unspecified atom stereocenters. The number of aliphatic hydroxyl groups is 1. The Morgan fingerprint density at radius 1 is 1.33 bits per heavy atom. The van der Waals surface area contributed by atoms with Crippen molar-refractivity contribution in [1.29, 1.82) is 0 Å². The maximum Gasteiger partial charge on any atom is 0.151 e. The van der Waals surface area contributed by atoms with Crippen molar-refractivity contribution in [2.45, 2.75) is 57.1 Å². The molecule has 1 aliphatic carbocycles. The predicted molar refractivity (Wildman–Crippen MR) is 72.3 cm³/mol. The summed E-state index contributed by atoms with van der Waals surface area (Å²) in [5.41, 5.74) is -0.626. The first-order chi connectivity index (χ1) is 8.39. The fraction of sp³-hybridized carbons (Fsp3) is 1.00. The second kappa shape index (κ2) is 5.47. The average molecular weight is 275 g/mol. The zero-order valence-electron chi connectivity index (χ0n) is 11.2. The molecule has 0 amide bonds. The van der Waals surface area contributed by atoms with E-state index in [-0.39, 0.29) is 11.8 Å². The highest BCUT2D eigenvalue weighted by Crippen LogP contribution is 2.31. The minimum atomic E-state index is -2.86. The summed E-state index contributed by atoms with van der Waals surface area (Å²) in [5.74, 6) is 1.13. The molecule has 0 aromatic rings. The van der Waals surface area contributed by atoms with Gasteiger partial charge in [0.25, 0.3) is 0 Å². The summed E-state index contributed by atoms with van der Waals surface area (Å²) in [4.78, 5) is 0. The van der Waals surface area contributed by atoms with Crippen molar-refractivity contribution in [3.8, 4) is 0 Å². The lowest BCUT2D eigenvalue weighted by molar-refractivity contribution is -0.0135. The van der Waals surface area contributed by atoms with Crippen molar-refractivity contribution < 1.29 is 13.5 Å². The van der Waals surface area contributed by atoms with Crippen LogP contribution in [0.1, 0.15) is 45.4 Å². The molecule has 1 aliphatic heterocycles. The lowest BCUT2D eigenvalue weighted by atomic mass is 9.79. The van der Waals surface area contributed by atoms with Crippen LogP contribution in [0.25, 0.3) is 0 Å². The topological polar surface area (TPSA) is 66.4 Å². The molecule has 18 heavy (non-hydrogen) atoms. The second-order valence-corrected chi connectivity index (χ2v) is 8.49. The summed E-state index contributed by atoms with van der Waals surface area (Å²) in [6.07, 6.45) is 5.59. The maximum atomic E-state index is 11.5. The van der Waals surface area contributed by atoms with Gasteiger partial charge in [-0.1, -0.05) is 19.8 Å². The van der Waals surface area contributed by atoms with Gasteiger partial charge in [-0.2, -0.15) is 0 Å². The fourth-order valence-electron chi connectivity index (χ4n) is 3.31. The fourth-order valence-corrected chi connectivity index (χ4v) is 4.98. The van der Waals surface area contributed by atoms with Gasteiger partial charge >= 0.3 is 0 Å². The lowest BCUT2D eigenvalue weighted by Crippen LogP contribution is -2.49. The van der Waals surface area contributed by atoms with Crippen LogP contribution in [-0.4, -0.2) is 43.2 Å². The van der Waals surface area contributed by atoms with Crippen LogP contribution in [0.4, 0.5) is 0 Å². The zero-order valence-corrected chi connectivity index (χ0v) is 12.0. The quantitative estimate of drug-likeness (QED) is 0.809. The Hall–Kier alpha value is -0.130. The Morgan fingerprint density at radius 2 is 2.11 bits per heavy atom. The minimum Gasteiger partial charge on any atom is -0.389 e. The van der Waals surface area contributed by atoms with Gasteiger partial charge in [0.05, 0.1) is 17.1 Å². The zero-order chi connectivity index (χ0) is 13.2. The van der Waals surface area contributed by atoms with Gasteiger partial charge in [0, 0.05) is 12.6 Å². The van der Waals surface area contributed by atoms with Crippen molar-refractivity contribution in [3.05, 3.63) is 0 Å². The number of rotatable bonds is 3. The van der Waals surface area contributed by atoms with Crippen LogP contribution in [0.2, 0.25) is 0 Å². The SMILES string of the molecule is CC1CCCC(O)(CNC2CCCS(=O)(=O)C2)C1. The number of sulfone groups is 1. The van der Waals surface area contributed by atoms with E-state index < -0.39 is 15.4 Å². The molecule has 0 radical (unpaired) electrons. The molecule has 0 aromatic carbocycles. The molecule has 106 valence electrons. The van der Waals surface area contributed by atoms with Gasteiger partial charge in [0.2, 0.25) is 0 Å². The summed E-state index contributed by atoms with van der Waals surface area (Å²) in [5, 5.41) is 13.8. The third kappa shape index (κ3) is 3.93.